The molecule has 0 aliphatic heterocycles. The van der Waals surface area contributed by atoms with Crippen LogP contribution < -0.4 is 4.90 Å². The molecule has 0 atom stereocenters. The van der Waals surface area contributed by atoms with E-state index in [0.29, 0.717) is 0 Å². The van der Waals surface area contributed by atoms with Gasteiger partial charge in [0, 0.05) is 25.8 Å². The number of nitrogens with zero attached hydrogens (tertiary/aromatic N) is 2. The Hall–Kier alpha value is -1.93. The Morgan fingerprint density at radius 2 is 2.25 bits per heavy atom. The molecular formula is C11H12ClFN2O5. The van der Waals surface area contributed by atoms with Crippen LogP contribution in [-0.2, 0) is 9.53 Å². The number of carboxylic acid groups (broad SMARTS) is 1. The van der Waals surface area contributed by atoms with Crippen LogP contribution in [0, 0.1) is 15.9 Å². The van der Waals surface area contributed by atoms with Crippen LogP contribution in [-0.4, -0.2) is 42.8 Å². The van der Waals surface area contributed by atoms with E-state index in [1.54, 1.807) is 0 Å². The van der Waals surface area contributed by atoms with Crippen molar-refractivity contribution in [1.29, 1.82) is 0 Å². The second-order valence-electron chi connectivity index (χ2n) is 3.82. The maximum atomic E-state index is 13.5. The molecule has 20 heavy (non-hydrogen) atoms. The minimum absolute atomic E-state index is 0.0602. The summed E-state index contributed by atoms with van der Waals surface area (Å²) in [6.45, 7) is -0.329. The quantitative estimate of drug-likeness (QED) is 0.611. The first-order valence-electron chi connectivity index (χ1n) is 5.46. The number of hydrogen-bond acceptors (Lipinski definition) is 5. The van der Waals surface area contributed by atoms with Crippen molar-refractivity contribution in [3.8, 4) is 0 Å². The Balaban J connectivity index is 3.25. The maximum Gasteiger partial charge on any atom is 0.323 e. The molecule has 1 aromatic rings. The zero-order valence-corrected chi connectivity index (χ0v) is 11.3. The van der Waals surface area contributed by atoms with Gasteiger partial charge in [-0.05, 0) is 0 Å². The molecule has 1 N–H and O–H groups in total. The summed E-state index contributed by atoms with van der Waals surface area (Å²) >= 11 is 5.51. The van der Waals surface area contributed by atoms with Crippen molar-refractivity contribution in [3.05, 3.63) is 33.1 Å². The summed E-state index contributed by atoms with van der Waals surface area (Å²) in [5, 5.41) is 19.4. The summed E-state index contributed by atoms with van der Waals surface area (Å²) in [5.74, 6) is -2.06. The number of nitro groups is 1. The number of carbonyl (C=O) groups is 1. The third-order valence-electron chi connectivity index (χ3n) is 2.45. The van der Waals surface area contributed by atoms with Gasteiger partial charge in [-0.2, -0.15) is 0 Å². The normalized spacial score (nSPS) is 10.3. The highest BCUT2D eigenvalue weighted by molar-refractivity contribution is 6.31. The van der Waals surface area contributed by atoms with Crippen molar-refractivity contribution in [2.75, 3.05) is 31.7 Å². The number of ether oxygens (including phenoxy) is 1. The maximum absolute atomic E-state index is 13.5. The molecule has 0 spiro atoms. The molecular weight excluding hydrogens is 295 g/mol. The van der Waals surface area contributed by atoms with Gasteiger partial charge in [-0.3, -0.25) is 14.9 Å². The zero-order chi connectivity index (χ0) is 15.3. The molecule has 0 aliphatic rings. The molecule has 0 fully saturated rings. The molecule has 0 aliphatic carbocycles. The minimum atomic E-state index is -1.20. The van der Waals surface area contributed by atoms with E-state index in [1.165, 1.54) is 7.11 Å². The highest BCUT2D eigenvalue weighted by Crippen LogP contribution is 2.33. The first-order valence-corrected chi connectivity index (χ1v) is 5.83. The Morgan fingerprint density at radius 3 is 2.75 bits per heavy atom. The van der Waals surface area contributed by atoms with E-state index in [-0.39, 0.29) is 18.8 Å². The molecule has 0 unspecified atom stereocenters. The van der Waals surface area contributed by atoms with Crippen molar-refractivity contribution in [2.24, 2.45) is 0 Å². The fraction of sp³-hybridized carbons (Fsp3) is 0.364. The van der Waals surface area contributed by atoms with Crippen LogP contribution in [0.1, 0.15) is 0 Å². The lowest BCUT2D eigenvalue weighted by atomic mass is 10.2. The van der Waals surface area contributed by atoms with E-state index >= 15 is 0 Å². The Bertz CT molecular complexity index is 526. The van der Waals surface area contributed by atoms with Gasteiger partial charge >= 0.3 is 5.97 Å². The molecule has 110 valence electrons. The molecule has 1 rings (SSSR count). The smallest absolute Gasteiger partial charge is 0.323 e. The Morgan fingerprint density at radius 1 is 1.60 bits per heavy atom. The van der Waals surface area contributed by atoms with Gasteiger partial charge in [-0.1, -0.05) is 11.6 Å². The fourth-order valence-electron chi connectivity index (χ4n) is 1.57. The summed E-state index contributed by atoms with van der Waals surface area (Å²) in [6.07, 6.45) is 0. The number of anilines is 1. The van der Waals surface area contributed by atoms with Crippen LogP contribution in [0.25, 0.3) is 0 Å². The van der Waals surface area contributed by atoms with Gasteiger partial charge in [0.1, 0.15) is 18.0 Å². The second kappa shape index (κ2) is 7.01. The summed E-state index contributed by atoms with van der Waals surface area (Å²) in [5.41, 5.74) is -0.620. The number of halogens is 2. The van der Waals surface area contributed by atoms with Gasteiger partial charge in [-0.15, -0.1) is 0 Å². The van der Waals surface area contributed by atoms with Gasteiger partial charge in [0.15, 0.2) is 0 Å². The van der Waals surface area contributed by atoms with Crippen LogP contribution in [0.2, 0.25) is 5.02 Å². The van der Waals surface area contributed by atoms with Gasteiger partial charge < -0.3 is 14.7 Å². The van der Waals surface area contributed by atoms with Crippen LogP contribution in [0.3, 0.4) is 0 Å². The lowest BCUT2D eigenvalue weighted by Gasteiger charge is -2.22. The van der Waals surface area contributed by atoms with Crippen LogP contribution >= 0.6 is 11.6 Å². The van der Waals surface area contributed by atoms with Crippen molar-refractivity contribution in [3.63, 3.8) is 0 Å². The van der Waals surface area contributed by atoms with Gasteiger partial charge in [0.25, 0.3) is 5.69 Å². The van der Waals surface area contributed by atoms with Crippen LogP contribution in [0.15, 0.2) is 12.1 Å². The Labute approximate surface area is 118 Å². The third-order valence-corrected chi connectivity index (χ3v) is 2.74. The SMILES string of the molecule is COCCN(CC(=O)O)c1cc(F)c(Cl)cc1[N+](=O)[O-]. The average Bonchev–Trinajstić information content (AvgIpc) is 2.36. The van der Waals surface area contributed by atoms with Gasteiger partial charge in [0.05, 0.1) is 16.6 Å². The number of aliphatic carboxylic acids is 1. The molecule has 0 heterocycles. The van der Waals surface area contributed by atoms with Crippen LogP contribution in [0.4, 0.5) is 15.8 Å². The highest BCUT2D eigenvalue weighted by Gasteiger charge is 2.23. The first-order chi connectivity index (χ1) is 9.36. The number of hydrogen-bond donors (Lipinski definition) is 1. The molecule has 0 amide bonds. The van der Waals surface area contributed by atoms with Crippen molar-refractivity contribution < 1.29 is 24.0 Å². The molecule has 0 aromatic heterocycles. The van der Waals surface area contributed by atoms with Crippen molar-refractivity contribution in [1.82, 2.24) is 0 Å². The molecule has 9 heteroatoms. The van der Waals surface area contributed by atoms with E-state index in [9.17, 15) is 19.3 Å². The summed E-state index contributed by atoms with van der Waals surface area (Å²) in [7, 11) is 1.40. The lowest BCUT2D eigenvalue weighted by Crippen LogP contribution is -2.33. The summed E-state index contributed by atoms with van der Waals surface area (Å²) in [4.78, 5) is 22.2. The zero-order valence-electron chi connectivity index (χ0n) is 10.5. The monoisotopic (exact) mass is 306 g/mol. The largest absolute Gasteiger partial charge is 0.480 e. The number of carboxylic acids is 1. The summed E-state index contributed by atoms with van der Waals surface area (Å²) < 4.78 is 18.3. The van der Waals surface area contributed by atoms with Gasteiger partial charge in [-0.25, -0.2) is 4.39 Å². The number of methoxy groups -OCH3 is 1. The molecule has 0 saturated heterocycles. The van der Waals surface area contributed by atoms with Crippen molar-refractivity contribution in [2.45, 2.75) is 0 Å². The minimum Gasteiger partial charge on any atom is -0.480 e. The number of nitro benzene ring substituents is 1. The average molecular weight is 307 g/mol. The van der Waals surface area contributed by atoms with E-state index in [2.05, 4.69) is 0 Å². The third kappa shape index (κ3) is 4.04. The molecule has 7 nitrogen and oxygen atoms in total. The van der Waals surface area contributed by atoms with Crippen molar-refractivity contribution >= 4 is 28.9 Å². The van der Waals surface area contributed by atoms with E-state index in [0.717, 1.165) is 17.0 Å². The molecule has 1 aromatic carbocycles. The predicted molar refractivity (Wildman–Crippen MR) is 69.8 cm³/mol. The van der Waals surface area contributed by atoms with Gasteiger partial charge in [0.2, 0.25) is 0 Å². The van der Waals surface area contributed by atoms with E-state index in [1.807, 2.05) is 0 Å². The van der Waals surface area contributed by atoms with E-state index < -0.39 is 34.0 Å². The fourth-order valence-corrected chi connectivity index (χ4v) is 1.73. The van der Waals surface area contributed by atoms with E-state index in [4.69, 9.17) is 21.4 Å². The molecule has 0 bridgehead atoms. The Kier molecular flexibility index (Phi) is 5.66. The topological polar surface area (TPSA) is 92.9 Å². The van der Waals surface area contributed by atoms with Crippen LogP contribution in [0.5, 0.6) is 0 Å². The molecule has 0 radical (unpaired) electrons. The first kappa shape index (κ1) is 16.1. The lowest BCUT2D eigenvalue weighted by molar-refractivity contribution is -0.384. The second-order valence-corrected chi connectivity index (χ2v) is 4.23. The summed E-state index contributed by atoms with van der Waals surface area (Å²) in [6, 6.07) is 1.70. The highest BCUT2D eigenvalue weighted by atomic mass is 35.5. The molecule has 0 saturated carbocycles. The number of rotatable bonds is 7. The number of benzene rings is 1. The standard InChI is InChI=1S/C11H12ClFN2O5/c1-20-3-2-14(6-11(16)17)9-5-8(13)7(12)4-10(9)15(18)19/h4-5H,2-3,6H2,1H3,(H,16,17). The predicted octanol–water partition coefficient (Wildman–Crippen LogP) is 1.92.